The second-order valence-electron chi connectivity index (χ2n) is 4.93. The van der Waals surface area contributed by atoms with Crippen LogP contribution in [0.25, 0.3) is 17.1 Å². The van der Waals surface area contributed by atoms with Crippen molar-refractivity contribution in [2.75, 3.05) is 5.73 Å². The van der Waals surface area contributed by atoms with E-state index in [0.29, 0.717) is 17.2 Å². The SMILES string of the molecule is Nc1ccc(-c2ncn(-c3ccc(OC(F)C(F)F)cc3)n2)cc1. The van der Waals surface area contributed by atoms with Crippen LogP contribution in [-0.2, 0) is 0 Å². The molecule has 8 heteroatoms. The standard InChI is InChI=1S/C16H13F3N4O/c17-14(18)15(19)24-13-7-5-12(6-8-13)23-9-21-16(22-23)10-1-3-11(20)4-2-10/h1-9,14-15H,20H2. The van der Waals surface area contributed by atoms with Gasteiger partial charge in [-0.25, -0.2) is 18.4 Å². The molecule has 0 saturated heterocycles. The molecule has 0 amide bonds. The number of nitrogens with two attached hydrogens (primary N) is 1. The Bertz CT molecular complexity index is 803. The molecular formula is C16H13F3N4O. The summed E-state index contributed by atoms with van der Waals surface area (Å²) in [6.45, 7) is 0. The van der Waals surface area contributed by atoms with E-state index < -0.39 is 12.8 Å². The third-order valence-corrected chi connectivity index (χ3v) is 3.21. The van der Waals surface area contributed by atoms with Gasteiger partial charge in [0.05, 0.1) is 5.69 Å². The molecule has 5 nitrogen and oxygen atoms in total. The summed E-state index contributed by atoms with van der Waals surface area (Å²) < 4.78 is 43.1. The first kappa shape index (κ1) is 15.9. The Morgan fingerprint density at radius 1 is 0.958 bits per heavy atom. The minimum atomic E-state index is -3.19. The lowest BCUT2D eigenvalue weighted by atomic mass is 10.2. The lowest BCUT2D eigenvalue weighted by Crippen LogP contribution is -2.19. The lowest BCUT2D eigenvalue weighted by molar-refractivity contribution is -0.0668. The van der Waals surface area contributed by atoms with Crippen molar-refractivity contribution in [3.05, 3.63) is 54.9 Å². The topological polar surface area (TPSA) is 66.0 Å². The number of halogens is 3. The van der Waals surface area contributed by atoms with Gasteiger partial charge >= 0.3 is 6.43 Å². The highest BCUT2D eigenvalue weighted by molar-refractivity contribution is 5.58. The molecule has 1 atom stereocenters. The lowest BCUT2D eigenvalue weighted by Gasteiger charge is -2.10. The van der Waals surface area contributed by atoms with Gasteiger partial charge in [-0.05, 0) is 48.5 Å². The van der Waals surface area contributed by atoms with E-state index in [9.17, 15) is 13.2 Å². The zero-order valence-corrected chi connectivity index (χ0v) is 12.3. The van der Waals surface area contributed by atoms with Crippen LogP contribution in [0.2, 0.25) is 0 Å². The molecule has 0 saturated carbocycles. The van der Waals surface area contributed by atoms with E-state index in [0.717, 1.165) is 5.56 Å². The predicted molar refractivity (Wildman–Crippen MR) is 82.7 cm³/mol. The molecule has 0 bridgehead atoms. The van der Waals surface area contributed by atoms with Crippen LogP contribution in [0.4, 0.5) is 18.9 Å². The van der Waals surface area contributed by atoms with Crippen molar-refractivity contribution >= 4 is 5.69 Å². The number of aromatic nitrogens is 3. The number of alkyl halides is 3. The number of hydrogen-bond acceptors (Lipinski definition) is 4. The summed E-state index contributed by atoms with van der Waals surface area (Å²) in [6.07, 6.45) is -4.33. The van der Waals surface area contributed by atoms with Crippen molar-refractivity contribution in [3.63, 3.8) is 0 Å². The average Bonchev–Trinajstić information content (AvgIpc) is 3.06. The number of benzene rings is 2. The highest BCUT2D eigenvalue weighted by Gasteiger charge is 2.20. The second kappa shape index (κ2) is 6.61. The number of hydrogen-bond donors (Lipinski definition) is 1. The Balaban J connectivity index is 1.76. The summed E-state index contributed by atoms with van der Waals surface area (Å²) in [6, 6.07) is 13.0. The van der Waals surface area contributed by atoms with Crippen LogP contribution >= 0.6 is 0 Å². The molecular weight excluding hydrogens is 321 g/mol. The Kier molecular flexibility index (Phi) is 4.37. The average molecular weight is 334 g/mol. The molecule has 24 heavy (non-hydrogen) atoms. The zero-order valence-electron chi connectivity index (χ0n) is 12.3. The summed E-state index contributed by atoms with van der Waals surface area (Å²) >= 11 is 0. The molecule has 0 spiro atoms. The van der Waals surface area contributed by atoms with Crippen molar-refractivity contribution < 1.29 is 17.9 Å². The summed E-state index contributed by atoms with van der Waals surface area (Å²) in [5.41, 5.74) is 7.71. The second-order valence-corrected chi connectivity index (χ2v) is 4.93. The summed E-state index contributed by atoms with van der Waals surface area (Å²) in [5, 5.41) is 4.33. The van der Waals surface area contributed by atoms with E-state index in [1.165, 1.54) is 23.1 Å². The molecule has 1 unspecified atom stereocenters. The Hall–Kier alpha value is -3.03. The maximum atomic E-state index is 12.8. The van der Waals surface area contributed by atoms with Crippen LogP contribution < -0.4 is 10.5 Å². The molecule has 0 aliphatic rings. The summed E-state index contributed by atoms with van der Waals surface area (Å²) in [7, 11) is 0. The highest BCUT2D eigenvalue weighted by atomic mass is 19.3. The summed E-state index contributed by atoms with van der Waals surface area (Å²) in [5.74, 6) is 0.516. The molecule has 0 fully saturated rings. The molecule has 0 radical (unpaired) electrons. The largest absolute Gasteiger partial charge is 0.454 e. The maximum Gasteiger partial charge on any atom is 0.304 e. The number of rotatable bonds is 5. The minimum Gasteiger partial charge on any atom is -0.454 e. The molecule has 0 aliphatic carbocycles. The summed E-state index contributed by atoms with van der Waals surface area (Å²) in [4.78, 5) is 4.21. The number of nitrogens with zero attached hydrogens (tertiary/aromatic N) is 3. The van der Waals surface area contributed by atoms with Gasteiger partial charge in [-0.15, -0.1) is 5.10 Å². The van der Waals surface area contributed by atoms with Gasteiger partial charge in [0.1, 0.15) is 12.1 Å². The van der Waals surface area contributed by atoms with Gasteiger partial charge in [-0.1, -0.05) is 0 Å². The number of anilines is 1. The Morgan fingerprint density at radius 3 is 2.25 bits per heavy atom. The third-order valence-electron chi connectivity index (χ3n) is 3.21. The van der Waals surface area contributed by atoms with Crippen molar-refractivity contribution in [2.24, 2.45) is 0 Å². The van der Waals surface area contributed by atoms with Gasteiger partial charge < -0.3 is 10.5 Å². The van der Waals surface area contributed by atoms with E-state index in [1.54, 1.807) is 36.4 Å². The van der Waals surface area contributed by atoms with Gasteiger partial charge in [0.15, 0.2) is 5.82 Å². The fourth-order valence-corrected chi connectivity index (χ4v) is 2.01. The minimum absolute atomic E-state index is 0.00502. The van der Waals surface area contributed by atoms with E-state index in [4.69, 9.17) is 5.73 Å². The van der Waals surface area contributed by atoms with Gasteiger partial charge in [0.25, 0.3) is 6.36 Å². The highest BCUT2D eigenvalue weighted by Crippen LogP contribution is 2.20. The van der Waals surface area contributed by atoms with Crippen LogP contribution in [0, 0.1) is 0 Å². The van der Waals surface area contributed by atoms with Crippen LogP contribution in [0.5, 0.6) is 5.75 Å². The van der Waals surface area contributed by atoms with Crippen LogP contribution in [0.15, 0.2) is 54.9 Å². The first-order valence-electron chi connectivity index (χ1n) is 7.00. The van der Waals surface area contributed by atoms with Gasteiger partial charge in [0.2, 0.25) is 0 Å². The van der Waals surface area contributed by atoms with Crippen molar-refractivity contribution in [1.82, 2.24) is 14.8 Å². The molecule has 3 aromatic rings. The first-order valence-corrected chi connectivity index (χ1v) is 7.00. The van der Waals surface area contributed by atoms with E-state index in [1.807, 2.05) is 0 Å². The molecule has 3 rings (SSSR count). The molecule has 1 aromatic heterocycles. The van der Waals surface area contributed by atoms with Gasteiger partial charge in [0, 0.05) is 11.3 Å². The van der Waals surface area contributed by atoms with Gasteiger partial charge in [-0.3, -0.25) is 0 Å². The zero-order chi connectivity index (χ0) is 17.1. The molecule has 2 aromatic carbocycles. The normalized spacial score (nSPS) is 12.3. The fraction of sp³-hybridized carbons (Fsp3) is 0.125. The third kappa shape index (κ3) is 3.48. The van der Waals surface area contributed by atoms with Crippen molar-refractivity contribution in [2.45, 2.75) is 12.8 Å². The van der Waals surface area contributed by atoms with Gasteiger partial charge in [-0.2, -0.15) is 4.39 Å². The smallest absolute Gasteiger partial charge is 0.304 e. The van der Waals surface area contributed by atoms with E-state index >= 15 is 0 Å². The Labute approximate surface area is 135 Å². The Morgan fingerprint density at radius 2 is 1.62 bits per heavy atom. The number of nitrogen functional groups attached to an aromatic ring is 1. The fourth-order valence-electron chi connectivity index (χ4n) is 2.01. The molecule has 2 N–H and O–H groups in total. The quantitative estimate of drug-likeness (QED) is 0.726. The van der Waals surface area contributed by atoms with Crippen molar-refractivity contribution in [3.8, 4) is 22.8 Å². The predicted octanol–water partition coefficient (Wildman–Crippen LogP) is 3.46. The molecule has 1 heterocycles. The molecule has 124 valence electrons. The van der Waals surface area contributed by atoms with Crippen LogP contribution in [0.1, 0.15) is 0 Å². The van der Waals surface area contributed by atoms with E-state index in [-0.39, 0.29) is 5.75 Å². The maximum absolute atomic E-state index is 12.8. The van der Waals surface area contributed by atoms with Crippen LogP contribution in [-0.4, -0.2) is 27.5 Å². The first-order chi connectivity index (χ1) is 11.5. The van der Waals surface area contributed by atoms with Crippen molar-refractivity contribution in [1.29, 1.82) is 0 Å². The number of ether oxygens (including phenoxy) is 1. The van der Waals surface area contributed by atoms with Crippen LogP contribution in [0.3, 0.4) is 0 Å². The molecule has 0 aliphatic heterocycles. The monoisotopic (exact) mass is 334 g/mol. The van der Waals surface area contributed by atoms with E-state index in [2.05, 4.69) is 14.8 Å².